The Morgan fingerprint density at radius 3 is 2.52 bits per heavy atom. The van der Waals surface area contributed by atoms with Crippen molar-refractivity contribution in [1.82, 2.24) is 15.6 Å². The molecule has 1 heterocycles. The lowest BCUT2D eigenvalue weighted by Gasteiger charge is -2.16. The largest absolute Gasteiger partial charge is 0.354 e. The van der Waals surface area contributed by atoms with Crippen molar-refractivity contribution in [1.29, 1.82) is 0 Å². The first-order chi connectivity index (χ1) is 10.9. The first-order valence-corrected chi connectivity index (χ1v) is 9.78. The van der Waals surface area contributed by atoms with Crippen molar-refractivity contribution in [2.45, 2.75) is 77.2 Å². The van der Waals surface area contributed by atoms with Crippen molar-refractivity contribution in [3.63, 3.8) is 0 Å². The third-order valence-corrected chi connectivity index (χ3v) is 5.59. The zero-order valence-electron chi connectivity index (χ0n) is 14.8. The Kier molecular flexibility index (Phi) is 7.03. The maximum atomic E-state index is 12.0. The molecule has 0 radical (unpaired) electrons. The fraction of sp³-hybridized carbons (Fsp3) is 0.778. The normalized spacial score (nSPS) is 17.0. The van der Waals surface area contributed by atoms with Crippen molar-refractivity contribution in [2.24, 2.45) is 0 Å². The Balaban J connectivity index is 1.64. The van der Waals surface area contributed by atoms with Crippen molar-refractivity contribution >= 4 is 17.2 Å². The van der Waals surface area contributed by atoms with E-state index < -0.39 is 0 Å². The van der Waals surface area contributed by atoms with Crippen LogP contribution in [0.3, 0.4) is 0 Å². The van der Waals surface area contributed by atoms with Crippen LogP contribution in [0.2, 0.25) is 0 Å². The van der Waals surface area contributed by atoms with Crippen LogP contribution in [0.4, 0.5) is 0 Å². The Morgan fingerprint density at radius 2 is 1.91 bits per heavy atom. The van der Waals surface area contributed by atoms with E-state index in [4.69, 9.17) is 0 Å². The molecule has 2 N–H and O–H groups in total. The zero-order chi connectivity index (χ0) is 16.7. The highest BCUT2D eigenvalue weighted by atomic mass is 32.1. The molecule has 2 rings (SSSR count). The highest BCUT2D eigenvalue weighted by Crippen LogP contribution is 2.25. The van der Waals surface area contributed by atoms with Gasteiger partial charge < -0.3 is 10.6 Å². The summed E-state index contributed by atoms with van der Waals surface area (Å²) in [4.78, 5) is 16.6. The maximum Gasteiger partial charge on any atom is 0.226 e. The summed E-state index contributed by atoms with van der Waals surface area (Å²) in [6.45, 7) is 8.00. The van der Waals surface area contributed by atoms with Crippen molar-refractivity contribution in [3.8, 4) is 0 Å². The number of hydrogen-bond donors (Lipinski definition) is 2. The number of nitrogens with one attached hydrogen (secondary N) is 2. The summed E-state index contributed by atoms with van der Waals surface area (Å²) < 4.78 is 0. The van der Waals surface area contributed by atoms with Gasteiger partial charge in [-0.15, -0.1) is 11.3 Å². The molecule has 0 bridgehead atoms. The van der Waals surface area contributed by atoms with Gasteiger partial charge in [-0.1, -0.05) is 46.5 Å². The van der Waals surface area contributed by atoms with Crippen molar-refractivity contribution in [3.05, 3.63) is 16.1 Å². The molecule has 23 heavy (non-hydrogen) atoms. The van der Waals surface area contributed by atoms with Crippen LogP contribution in [0.1, 0.15) is 70.0 Å². The van der Waals surface area contributed by atoms with Crippen LogP contribution in [-0.2, 0) is 16.6 Å². The summed E-state index contributed by atoms with van der Waals surface area (Å²) in [6, 6.07) is 0.641. The molecule has 0 spiro atoms. The van der Waals surface area contributed by atoms with E-state index in [-0.39, 0.29) is 11.3 Å². The first kappa shape index (κ1) is 18.4. The molecule has 0 saturated heterocycles. The molecule has 1 aromatic rings. The molecule has 0 aromatic carbocycles. The lowest BCUT2D eigenvalue weighted by Crippen LogP contribution is -2.37. The van der Waals surface area contributed by atoms with Crippen LogP contribution >= 0.6 is 11.3 Å². The summed E-state index contributed by atoms with van der Waals surface area (Å²) in [7, 11) is 0. The van der Waals surface area contributed by atoms with E-state index >= 15 is 0 Å². The Bertz CT molecular complexity index is 485. The van der Waals surface area contributed by atoms with Gasteiger partial charge >= 0.3 is 0 Å². The van der Waals surface area contributed by atoms with E-state index in [1.54, 1.807) is 11.3 Å². The number of aromatic nitrogens is 1. The van der Waals surface area contributed by atoms with Gasteiger partial charge in [-0.05, 0) is 12.8 Å². The summed E-state index contributed by atoms with van der Waals surface area (Å²) in [5.74, 6) is 0.0680. The third-order valence-electron chi connectivity index (χ3n) is 4.27. The van der Waals surface area contributed by atoms with Crippen LogP contribution in [0.15, 0.2) is 5.38 Å². The quantitative estimate of drug-likeness (QED) is 0.618. The standard InChI is InChI=1S/C18H31N3OS/c1-18(2,3)17-21-15(13-23-17)12-16(22)20-11-10-19-14-8-6-4-5-7-9-14/h13-14,19H,4-12H2,1-3H3,(H,20,22). The molecule has 0 aliphatic heterocycles. The summed E-state index contributed by atoms with van der Waals surface area (Å²) in [5.41, 5.74) is 0.941. The molecule has 130 valence electrons. The van der Waals surface area contributed by atoms with E-state index in [0.717, 1.165) is 17.2 Å². The molecule has 1 amide bonds. The predicted octanol–water partition coefficient (Wildman–Crippen LogP) is 3.41. The molecular weight excluding hydrogens is 306 g/mol. The van der Waals surface area contributed by atoms with Gasteiger partial charge in [0.1, 0.15) is 0 Å². The highest BCUT2D eigenvalue weighted by molar-refractivity contribution is 7.09. The topological polar surface area (TPSA) is 54.0 Å². The van der Waals surface area contributed by atoms with E-state index in [0.29, 0.717) is 19.0 Å². The Morgan fingerprint density at radius 1 is 1.22 bits per heavy atom. The molecule has 1 fully saturated rings. The van der Waals surface area contributed by atoms with Crippen LogP contribution < -0.4 is 10.6 Å². The van der Waals surface area contributed by atoms with Gasteiger partial charge in [0, 0.05) is 29.9 Å². The van der Waals surface area contributed by atoms with Crippen LogP contribution in [-0.4, -0.2) is 30.0 Å². The fourth-order valence-corrected chi connectivity index (χ4v) is 3.83. The van der Waals surface area contributed by atoms with Crippen LogP contribution in [0.5, 0.6) is 0 Å². The third kappa shape index (κ3) is 6.60. The minimum absolute atomic E-state index is 0.0576. The molecule has 0 unspecified atom stereocenters. The molecule has 4 nitrogen and oxygen atoms in total. The smallest absolute Gasteiger partial charge is 0.226 e. The Hall–Kier alpha value is -0.940. The highest BCUT2D eigenvalue weighted by Gasteiger charge is 2.18. The second-order valence-electron chi connectivity index (χ2n) is 7.56. The lowest BCUT2D eigenvalue weighted by molar-refractivity contribution is -0.120. The van der Waals surface area contributed by atoms with Gasteiger partial charge in [-0.25, -0.2) is 4.98 Å². The predicted molar refractivity (Wildman–Crippen MR) is 97.0 cm³/mol. The number of hydrogen-bond acceptors (Lipinski definition) is 4. The van der Waals surface area contributed by atoms with Crippen LogP contribution in [0, 0.1) is 0 Å². The molecule has 1 aromatic heterocycles. The minimum Gasteiger partial charge on any atom is -0.354 e. The molecule has 1 aliphatic carbocycles. The van der Waals surface area contributed by atoms with Gasteiger partial charge in [0.05, 0.1) is 17.1 Å². The average molecular weight is 338 g/mol. The molecule has 0 atom stereocenters. The van der Waals surface area contributed by atoms with Crippen LogP contribution in [0.25, 0.3) is 0 Å². The zero-order valence-corrected chi connectivity index (χ0v) is 15.6. The molecular formula is C18H31N3OS. The number of thiazole rings is 1. The molecule has 5 heteroatoms. The SMILES string of the molecule is CC(C)(C)c1nc(CC(=O)NCCNC2CCCCCC2)cs1. The maximum absolute atomic E-state index is 12.0. The summed E-state index contributed by atoms with van der Waals surface area (Å²) in [6.07, 6.45) is 8.37. The Labute approximate surface area is 144 Å². The fourth-order valence-electron chi connectivity index (χ4n) is 2.92. The summed E-state index contributed by atoms with van der Waals surface area (Å²) in [5, 5.41) is 9.67. The van der Waals surface area contributed by atoms with E-state index in [1.807, 2.05) is 5.38 Å². The van der Waals surface area contributed by atoms with Gasteiger partial charge in [-0.2, -0.15) is 0 Å². The first-order valence-electron chi connectivity index (χ1n) is 8.90. The second kappa shape index (κ2) is 8.78. The number of amides is 1. The molecule has 1 aliphatic rings. The monoisotopic (exact) mass is 337 g/mol. The number of carbonyl (C=O) groups excluding carboxylic acids is 1. The molecule has 1 saturated carbocycles. The van der Waals surface area contributed by atoms with Gasteiger partial charge in [0.15, 0.2) is 0 Å². The van der Waals surface area contributed by atoms with Gasteiger partial charge in [-0.3, -0.25) is 4.79 Å². The second-order valence-corrected chi connectivity index (χ2v) is 8.42. The van der Waals surface area contributed by atoms with Crippen molar-refractivity contribution in [2.75, 3.05) is 13.1 Å². The number of nitrogens with zero attached hydrogens (tertiary/aromatic N) is 1. The van der Waals surface area contributed by atoms with E-state index in [1.165, 1.54) is 38.5 Å². The van der Waals surface area contributed by atoms with Crippen molar-refractivity contribution < 1.29 is 4.79 Å². The van der Waals surface area contributed by atoms with E-state index in [9.17, 15) is 4.79 Å². The van der Waals surface area contributed by atoms with Gasteiger partial charge in [0.2, 0.25) is 5.91 Å². The average Bonchev–Trinajstić information content (AvgIpc) is 2.80. The summed E-state index contributed by atoms with van der Waals surface area (Å²) >= 11 is 1.64. The minimum atomic E-state index is 0.0576. The lowest BCUT2D eigenvalue weighted by atomic mass is 9.98. The number of carbonyl (C=O) groups is 1. The number of rotatable bonds is 6. The van der Waals surface area contributed by atoms with Gasteiger partial charge in [0.25, 0.3) is 0 Å². The van der Waals surface area contributed by atoms with E-state index in [2.05, 4.69) is 36.4 Å².